The van der Waals surface area contributed by atoms with Crippen LogP contribution in [0.1, 0.15) is 85.1 Å². The molecule has 0 heterocycles. The van der Waals surface area contributed by atoms with Crippen molar-refractivity contribution in [3.63, 3.8) is 0 Å². The highest BCUT2D eigenvalue weighted by Crippen LogP contribution is 2.21. The molecule has 0 spiro atoms. The van der Waals surface area contributed by atoms with Crippen LogP contribution in [0, 0.1) is 34.6 Å². The number of carbonyl (C=O) groups excluding carboxylic acids is 2. The Morgan fingerprint density at radius 2 is 1.48 bits per heavy atom. The number of hydrogen-bond donors (Lipinski definition) is 1. The van der Waals surface area contributed by atoms with Gasteiger partial charge in [0, 0.05) is 11.1 Å². The van der Waals surface area contributed by atoms with Crippen molar-refractivity contribution in [2.24, 2.45) is 4.99 Å². The van der Waals surface area contributed by atoms with Gasteiger partial charge in [-0.3, -0.25) is 9.59 Å². The van der Waals surface area contributed by atoms with Crippen molar-refractivity contribution >= 4 is 23.2 Å². The third-order valence-electron chi connectivity index (χ3n) is 5.59. The number of amides is 1. The molecule has 1 aliphatic carbocycles. The van der Waals surface area contributed by atoms with E-state index >= 15 is 0 Å². The summed E-state index contributed by atoms with van der Waals surface area (Å²) in [6.07, 6.45) is 4.84. The molecule has 0 saturated carbocycles. The second kappa shape index (κ2) is 13.5. The molecule has 4 nitrogen and oxygen atoms in total. The lowest BCUT2D eigenvalue weighted by Gasteiger charge is -2.07. The number of nitrogens with zero attached hydrogens (tertiary/aromatic N) is 1. The van der Waals surface area contributed by atoms with Gasteiger partial charge in [-0.1, -0.05) is 37.6 Å². The highest BCUT2D eigenvalue weighted by molar-refractivity contribution is 6.06. The first-order chi connectivity index (χ1) is 15.6. The zero-order chi connectivity index (χ0) is 25.1. The Morgan fingerprint density at radius 3 is 1.97 bits per heavy atom. The van der Waals surface area contributed by atoms with E-state index in [9.17, 15) is 9.59 Å². The van der Waals surface area contributed by atoms with Gasteiger partial charge in [0.25, 0.3) is 5.91 Å². The minimum absolute atomic E-state index is 0.0341. The molecular weight excluding hydrogens is 408 g/mol. The summed E-state index contributed by atoms with van der Waals surface area (Å²) in [5.41, 5.74) is 8.77. The van der Waals surface area contributed by atoms with Gasteiger partial charge in [-0.2, -0.15) is 0 Å². The van der Waals surface area contributed by atoms with Crippen LogP contribution in [-0.4, -0.2) is 17.5 Å². The molecule has 0 radical (unpaired) electrons. The van der Waals surface area contributed by atoms with Gasteiger partial charge in [0.15, 0.2) is 5.78 Å². The number of ketones is 1. The highest BCUT2D eigenvalue weighted by Gasteiger charge is 2.13. The van der Waals surface area contributed by atoms with Crippen molar-refractivity contribution in [2.45, 2.75) is 81.6 Å². The largest absolute Gasteiger partial charge is 0.311 e. The van der Waals surface area contributed by atoms with Crippen molar-refractivity contribution in [2.75, 3.05) is 0 Å². The average molecular weight is 449 g/mol. The van der Waals surface area contributed by atoms with Crippen LogP contribution in [0.3, 0.4) is 0 Å². The Hall–Kier alpha value is -3.01. The van der Waals surface area contributed by atoms with Crippen LogP contribution in [0.2, 0.25) is 0 Å². The number of aliphatic imine (C=N–C) groups is 1. The van der Waals surface area contributed by atoms with Crippen molar-refractivity contribution < 1.29 is 9.59 Å². The predicted octanol–water partition coefficient (Wildman–Crippen LogP) is 7.42. The summed E-state index contributed by atoms with van der Waals surface area (Å²) in [5, 5.41) is 2.81. The number of Topliss-reactive ketones (excluding diaryl/α,β-unsaturated/α-hetero) is 1. The molecular formula is C29H40N2O2. The normalized spacial score (nSPS) is 12.6. The highest BCUT2D eigenvalue weighted by atomic mass is 16.1. The summed E-state index contributed by atoms with van der Waals surface area (Å²) in [5.74, 6) is 0.532. The third-order valence-corrected chi connectivity index (χ3v) is 5.59. The number of hydrogen-bond acceptors (Lipinski definition) is 3. The van der Waals surface area contributed by atoms with Crippen molar-refractivity contribution in [3.8, 4) is 0 Å². The molecule has 0 atom stereocenters. The second-order valence-electron chi connectivity index (χ2n) is 8.35. The lowest BCUT2D eigenvalue weighted by Crippen LogP contribution is -2.29. The Morgan fingerprint density at radius 1 is 0.879 bits per heavy atom. The molecule has 1 amide bonds. The molecule has 2 aromatic rings. The predicted molar refractivity (Wildman–Crippen MR) is 141 cm³/mol. The van der Waals surface area contributed by atoms with Gasteiger partial charge in [-0.25, -0.2) is 4.99 Å². The van der Waals surface area contributed by atoms with E-state index in [4.69, 9.17) is 0 Å². The first kappa shape index (κ1) is 28.0. The SMILES string of the molecule is CC.CC(=O)c1ccc(N=C(C)NC(=O)C2=CCCC2)c(C)c1.Cc1cc(C)c(C)c(C)c1. The third kappa shape index (κ3) is 8.80. The van der Waals surface area contributed by atoms with Crippen LogP contribution in [0.25, 0.3) is 0 Å². The molecule has 0 saturated heterocycles. The number of benzene rings is 2. The minimum atomic E-state index is -0.0632. The summed E-state index contributed by atoms with van der Waals surface area (Å²) in [7, 11) is 0. The number of amidine groups is 1. The van der Waals surface area contributed by atoms with E-state index in [2.05, 4.69) is 50.1 Å². The summed E-state index contributed by atoms with van der Waals surface area (Å²) in [6, 6.07) is 9.82. The molecule has 1 N–H and O–H groups in total. The fraction of sp³-hybridized carbons (Fsp3) is 0.414. The first-order valence-electron chi connectivity index (χ1n) is 11.8. The molecule has 3 rings (SSSR count). The van der Waals surface area contributed by atoms with Crippen LogP contribution < -0.4 is 5.32 Å². The fourth-order valence-corrected chi connectivity index (χ4v) is 3.58. The Balaban J connectivity index is 0.000000380. The number of nitrogens with one attached hydrogen (secondary N) is 1. The second-order valence-corrected chi connectivity index (χ2v) is 8.35. The van der Waals surface area contributed by atoms with Crippen molar-refractivity contribution in [1.82, 2.24) is 5.32 Å². The summed E-state index contributed by atoms with van der Waals surface area (Å²) in [6.45, 7) is 17.8. The number of carbonyl (C=O) groups is 2. The lowest BCUT2D eigenvalue weighted by molar-refractivity contribution is -0.116. The Labute approximate surface area is 200 Å². The summed E-state index contributed by atoms with van der Waals surface area (Å²) in [4.78, 5) is 27.7. The molecule has 2 aromatic carbocycles. The van der Waals surface area contributed by atoms with Gasteiger partial charge in [-0.05, 0) is 108 Å². The standard InChI is InChI=1S/C17H20N2O2.C10H14.C2H6/c1-11-10-15(12(2)20)8-9-16(11)18-13(3)19-17(21)14-6-4-5-7-14;1-7-5-8(2)10(4)9(3)6-7;1-2/h6,8-10H,4-5,7H2,1-3H3,(H,18,19,21);5-6H,1-4H3;1-2H3. The molecule has 0 unspecified atom stereocenters. The number of allylic oxidation sites excluding steroid dienone is 1. The van der Waals surface area contributed by atoms with Crippen LogP contribution in [0.15, 0.2) is 47.0 Å². The van der Waals surface area contributed by atoms with Gasteiger partial charge in [0.1, 0.15) is 5.84 Å². The van der Waals surface area contributed by atoms with Crippen LogP contribution in [0.5, 0.6) is 0 Å². The maximum Gasteiger partial charge on any atom is 0.252 e. The molecule has 0 bridgehead atoms. The minimum Gasteiger partial charge on any atom is -0.311 e. The van der Waals surface area contributed by atoms with Gasteiger partial charge < -0.3 is 5.32 Å². The Bertz CT molecular complexity index is 1020. The average Bonchev–Trinajstić information content (AvgIpc) is 3.30. The Kier molecular flexibility index (Phi) is 11.5. The summed E-state index contributed by atoms with van der Waals surface area (Å²) >= 11 is 0. The first-order valence-corrected chi connectivity index (χ1v) is 11.8. The van der Waals surface area contributed by atoms with Crippen LogP contribution in [-0.2, 0) is 4.79 Å². The topological polar surface area (TPSA) is 58.5 Å². The molecule has 1 aliphatic rings. The van der Waals surface area contributed by atoms with Gasteiger partial charge in [0.2, 0.25) is 0 Å². The number of rotatable bonds is 3. The number of aryl methyl sites for hydroxylation is 4. The van der Waals surface area contributed by atoms with Gasteiger partial charge in [-0.15, -0.1) is 0 Å². The zero-order valence-corrected chi connectivity index (χ0v) is 21.8. The van der Waals surface area contributed by atoms with E-state index in [-0.39, 0.29) is 11.7 Å². The van der Waals surface area contributed by atoms with Crippen molar-refractivity contribution in [3.05, 3.63) is 75.4 Å². The van der Waals surface area contributed by atoms with E-state index in [0.717, 1.165) is 36.1 Å². The molecule has 0 aliphatic heterocycles. The summed E-state index contributed by atoms with van der Waals surface area (Å²) < 4.78 is 0. The van der Waals surface area contributed by atoms with Crippen LogP contribution >= 0.6 is 0 Å². The van der Waals surface area contributed by atoms with Crippen molar-refractivity contribution in [1.29, 1.82) is 0 Å². The maximum atomic E-state index is 12.0. The van der Waals surface area contributed by atoms with E-state index in [1.165, 1.54) is 22.3 Å². The van der Waals surface area contributed by atoms with Crippen LogP contribution in [0.4, 0.5) is 5.69 Å². The van der Waals surface area contributed by atoms with E-state index < -0.39 is 0 Å². The fourth-order valence-electron chi connectivity index (χ4n) is 3.58. The van der Waals surface area contributed by atoms with E-state index in [0.29, 0.717) is 11.4 Å². The van der Waals surface area contributed by atoms with E-state index in [1.807, 2.05) is 32.9 Å². The van der Waals surface area contributed by atoms with Gasteiger partial charge >= 0.3 is 0 Å². The van der Waals surface area contributed by atoms with E-state index in [1.54, 1.807) is 26.0 Å². The van der Waals surface area contributed by atoms with Gasteiger partial charge in [0.05, 0.1) is 5.69 Å². The maximum absolute atomic E-state index is 12.0. The smallest absolute Gasteiger partial charge is 0.252 e. The monoisotopic (exact) mass is 448 g/mol. The molecule has 0 fully saturated rings. The zero-order valence-electron chi connectivity index (χ0n) is 21.8. The molecule has 178 valence electrons. The lowest BCUT2D eigenvalue weighted by atomic mass is 10.0. The molecule has 4 heteroatoms. The quantitative estimate of drug-likeness (QED) is 0.302. The molecule has 0 aromatic heterocycles. The molecule has 33 heavy (non-hydrogen) atoms.